The third-order valence-corrected chi connectivity index (χ3v) is 5.12. The molecular formula is C17H19N3O3S. The van der Waals surface area contributed by atoms with Gasteiger partial charge < -0.3 is 5.32 Å². The first kappa shape index (κ1) is 16.6. The summed E-state index contributed by atoms with van der Waals surface area (Å²) in [6.45, 7) is 0. The monoisotopic (exact) mass is 345 g/mol. The maximum atomic E-state index is 12.0. The van der Waals surface area contributed by atoms with Gasteiger partial charge in [-0.2, -0.15) is 0 Å². The molecule has 6 nitrogen and oxygen atoms in total. The molecule has 0 unspecified atom stereocenters. The fraction of sp³-hybridized carbons (Fsp3) is 0.412. The van der Waals surface area contributed by atoms with Crippen LogP contribution < -0.4 is 5.32 Å². The number of thiazole rings is 1. The highest BCUT2D eigenvalue weighted by Gasteiger charge is 2.17. The summed E-state index contributed by atoms with van der Waals surface area (Å²) >= 11 is 1.33. The minimum Gasteiger partial charge on any atom is -0.302 e. The average Bonchev–Trinajstić information content (AvgIpc) is 3.25. The summed E-state index contributed by atoms with van der Waals surface area (Å²) in [6, 6.07) is 6.34. The van der Waals surface area contributed by atoms with Crippen LogP contribution in [0.1, 0.15) is 38.5 Å². The number of rotatable bonds is 6. The average molecular weight is 345 g/mol. The number of nitro benzene ring substituents is 1. The van der Waals surface area contributed by atoms with E-state index in [9.17, 15) is 14.9 Å². The molecule has 3 rings (SSSR count). The van der Waals surface area contributed by atoms with Crippen LogP contribution in [0.5, 0.6) is 0 Å². The second-order valence-corrected chi connectivity index (χ2v) is 6.94. The molecule has 0 radical (unpaired) electrons. The number of hydrogen-bond acceptors (Lipinski definition) is 5. The van der Waals surface area contributed by atoms with Gasteiger partial charge in [-0.15, -0.1) is 11.3 Å². The van der Waals surface area contributed by atoms with E-state index in [4.69, 9.17) is 0 Å². The summed E-state index contributed by atoms with van der Waals surface area (Å²) in [7, 11) is 0. The molecule has 0 spiro atoms. The van der Waals surface area contributed by atoms with Gasteiger partial charge in [0, 0.05) is 29.5 Å². The van der Waals surface area contributed by atoms with Crippen molar-refractivity contribution in [3.05, 3.63) is 39.8 Å². The largest absolute Gasteiger partial charge is 0.302 e. The van der Waals surface area contributed by atoms with E-state index in [0.717, 1.165) is 6.42 Å². The Morgan fingerprint density at radius 3 is 2.92 bits per heavy atom. The number of non-ortho nitro benzene ring substituents is 1. The lowest BCUT2D eigenvalue weighted by Gasteiger charge is -2.07. The highest BCUT2D eigenvalue weighted by atomic mass is 32.1. The Morgan fingerprint density at radius 2 is 2.17 bits per heavy atom. The van der Waals surface area contributed by atoms with Crippen LogP contribution in [-0.4, -0.2) is 15.8 Å². The number of amides is 1. The molecule has 2 aromatic rings. The minimum absolute atomic E-state index is 0.0122. The number of nitro groups is 1. The van der Waals surface area contributed by atoms with Gasteiger partial charge in [-0.3, -0.25) is 14.9 Å². The van der Waals surface area contributed by atoms with Gasteiger partial charge in [0.2, 0.25) is 5.91 Å². The van der Waals surface area contributed by atoms with Gasteiger partial charge in [-0.05, 0) is 12.3 Å². The molecule has 7 heteroatoms. The maximum absolute atomic E-state index is 12.0. The first-order valence-corrected chi connectivity index (χ1v) is 9.00. The Morgan fingerprint density at radius 1 is 1.38 bits per heavy atom. The summed E-state index contributed by atoms with van der Waals surface area (Å²) in [5, 5.41) is 16.0. The first-order valence-electron chi connectivity index (χ1n) is 8.12. The Labute approximate surface area is 144 Å². The van der Waals surface area contributed by atoms with E-state index in [1.165, 1.54) is 49.2 Å². The summed E-state index contributed by atoms with van der Waals surface area (Å²) in [4.78, 5) is 26.8. The lowest BCUT2D eigenvalue weighted by Crippen LogP contribution is -2.12. The van der Waals surface area contributed by atoms with Gasteiger partial charge in [0.05, 0.1) is 10.6 Å². The smallest absolute Gasteiger partial charge is 0.270 e. The van der Waals surface area contributed by atoms with Crippen LogP contribution in [0.15, 0.2) is 29.6 Å². The van der Waals surface area contributed by atoms with Gasteiger partial charge >= 0.3 is 0 Å². The van der Waals surface area contributed by atoms with E-state index in [1.54, 1.807) is 17.5 Å². The fourth-order valence-corrected chi connectivity index (χ4v) is 3.79. The molecule has 0 aliphatic heterocycles. The second kappa shape index (κ2) is 7.53. The molecule has 1 saturated carbocycles. The number of anilines is 1. The van der Waals surface area contributed by atoms with Crippen molar-refractivity contribution in [3.8, 4) is 11.3 Å². The van der Waals surface area contributed by atoms with E-state index in [2.05, 4.69) is 10.3 Å². The molecule has 1 heterocycles. The van der Waals surface area contributed by atoms with E-state index in [1.807, 2.05) is 0 Å². The van der Waals surface area contributed by atoms with Gasteiger partial charge in [-0.1, -0.05) is 37.8 Å². The summed E-state index contributed by atoms with van der Waals surface area (Å²) in [5.41, 5.74) is 1.34. The third kappa shape index (κ3) is 4.17. The van der Waals surface area contributed by atoms with Crippen molar-refractivity contribution in [1.82, 2.24) is 4.98 Å². The third-order valence-electron chi connectivity index (χ3n) is 4.36. The Balaban J connectivity index is 1.59. The SMILES string of the molecule is O=C(CCC1CCCC1)Nc1nc(-c2cccc([N+](=O)[O-])c2)cs1. The van der Waals surface area contributed by atoms with Crippen molar-refractivity contribution in [2.24, 2.45) is 5.92 Å². The summed E-state index contributed by atoms with van der Waals surface area (Å²) < 4.78 is 0. The number of benzene rings is 1. The Kier molecular flexibility index (Phi) is 5.20. The van der Waals surface area contributed by atoms with Crippen molar-refractivity contribution in [3.63, 3.8) is 0 Å². The Bertz CT molecular complexity index is 738. The molecule has 1 aliphatic carbocycles. The van der Waals surface area contributed by atoms with Crippen molar-refractivity contribution in [1.29, 1.82) is 0 Å². The lowest BCUT2D eigenvalue weighted by molar-refractivity contribution is -0.384. The zero-order valence-corrected chi connectivity index (χ0v) is 14.1. The second-order valence-electron chi connectivity index (χ2n) is 6.08. The van der Waals surface area contributed by atoms with Crippen LogP contribution in [-0.2, 0) is 4.79 Å². The van der Waals surface area contributed by atoms with E-state index in [-0.39, 0.29) is 11.6 Å². The normalized spacial score (nSPS) is 14.7. The van der Waals surface area contributed by atoms with Gasteiger partial charge in [0.15, 0.2) is 5.13 Å². The van der Waals surface area contributed by atoms with Crippen LogP contribution >= 0.6 is 11.3 Å². The van der Waals surface area contributed by atoms with Crippen molar-refractivity contribution in [2.75, 3.05) is 5.32 Å². The molecule has 24 heavy (non-hydrogen) atoms. The molecule has 0 saturated heterocycles. The molecule has 1 aromatic heterocycles. The molecule has 1 aromatic carbocycles. The highest BCUT2D eigenvalue weighted by molar-refractivity contribution is 7.14. The molecular weight excluding hydrogens is 326 g/mol. The van der Waals surface area contributed by atoms with Crippen molar-refractivity contribution in [2.45, 2.75) is 38.5 Å². The number of nitrogens with one attached hydrogen (secondary N) is 1. The maximum Gasteiger partial charge on any atom is 0.270 e. The van der Waals surface area contributed by atoms with Crippen LogP contribution in [0.25, 0.3) is 11.3 Å². The number of carbonyl (C=O) groups is 1. The first-order chi connectivity index (χ1) is 11.6. The molecule has 1 N–H and O–H groups in total. The van der Waals surface area contributed by atoms with Crippen molar-refractivity contribution < 1.29 is 9.72 Å². The lowest BCUT2D eigenvalue weighted by atomic mass is 10.0. The van der Waals surface area contributed by atoms with Gasteiger partial charge in [-0.25, -0.2) is 4.98 Å². The highest BCUT2D eigenvalue weighted by Crippen LogP contribution is 2.30. The molecule has 1 aliphatic rings. The standard InChI is InChI=1S/C17H19N3O3S/c21-16(9-8-12-4-1-2-5-12)19-17-18-15(11-24-17)13-6-3-7-14(10-13)20(22)23/h3,6-7,10-12H,1-2,4-5,8-9H2,(H,18,19,21). The predicted molar refractivity (Wildman–Crippen MR) is 94.0 cm³/mol. The van der Waals surface area contributed by atoms with Crippen molar-refractivity contribution >= 4 is 28.1 Å². The van der Waals surface area contributed by atoms with E-state index in [0.29, 0.717) is 28.7 Å². The zero-order valence-electron chi connectivity index (χ0n) is 13.2. The fourth-order valence-electron chi connectivity index (χ4n) is 3.06. The summed E-state index contributed by atoms with van der Waals surface area (Å²) in [6.07, 6.45) is 6.50. The molecule has 0 atom stereocenters. The number of nitrogens with zero attached hydrogens (tertiary/aromatic N) is 2. The molecule has 1 amide bonds. The van der Waals surface area contributed by atoms with E-state index >= 15 is 0 Å². The van der Waals surface area contributed by atoms with Gasteiger partial charge in [0.1, 0.15) is 0 Å². The van der Waals surface area contributed by atoms with Crippen LogP contribution in [0.4, 0.5) is 10.8 Å². The minimum atomic E-state index is -0.429. The number of carbonyl (C=O) groups excluding carboxylic acids is 1. The molecule has 0 bridgehead atoms. The predicted octanol–water partition coefficient (Wildman–Crippen LogP) is 4.63. The topological polar surface area (TPSA) is 85.1 Å². The summed E-state index contributed by atoms with van der Waals surface area (Å²) in [5.74, 6) is 0.675. The van der Waals surface area contributed by atoms with Crippen LogP contribution in [0.3, 0.4) is 0 Å². The number of hydrogen-bond donors (Lipinski definition) is 1. The zero-order chi connectivity index (χ0) is 16.9. The van der Waals surface area contributed by atoms with Gasteiger partial charge in [0.25, 0.3) is 5.69 Å². The molecule has 126 valence electrons. The van der Waals surface area contributed by atoms with Crippen LogP contribution in [0, 0.1) is 16.0 Å². The quantitative estimate of drug-likeness (QED) is 0.611. The van der Waals surface area contributed by atoms with E-state index < -0.39 is 4.92 Å². The Hall–Kier alpha value is -2.28. The number of aromatic nitrogens is 1. The van der Waals surface area contributed by atoms with Crippen LogP contribution in [0.2, 0.25) is 0 Å². The molecule has 1 fully saturated rings.